The van der Waals surface area contributed by atoms with Gasteiger partial charge in [-0.2, -0.15) is 0 Å². The van der Waals surface area contributed by atoms with Crippen molar-refractivity contribution in [1.82, 2.24) is 0 Å². The lowest BCUT2D eigenvalue weighted by molar-refractivity contribution is -0.136. The largest absolute Gasteiger partial charge is 0.507 e. The number of hydrogen-bond donors (Lipinski definition) is 3. The van der Waals surface area contributed by atoms with E-state index in [1.54, 1.807) is 12.1 Å². The van der Waals surface area contributed by atoms with Crippen molar-refractivity contribution in [2.45, 2.75) is 45.6 Å². The van der Waals surface area contributed by atoms with Gasteiger partial charge in [-0.25, -0.2) is 0 Å². The lowest BCUT2D eigenvalue weighted by Gasteiger charge is -2.34. The maximum atomic E-state index is 13.1. The number of phenols is 2. The number of phenolic OH excluding ortho intramolecular Hbond substituents is 2. The highest BCUT2D eigenvalue weighted by Crippen LogP contribution is 2.47. The molecule has 2 aliphatic rings. The lowest BCUT2D eigenvalue weighted by Crippen LogP contribution is -2.42. The van der Waals surface area contributed by atoms with Crippen molar-refractivity contribution in [3.8, 4) is 11.5 Å². The number of carbonyl (C=O) groups is 3. The molecule has 0 amide bonds. The van der Waals surface area contributed by atoms with Crippen LogP contribution in [0.4, 0.5) is 0 Å². The minimum atomic E-state index is -1.67. The third-order valence-electron chi connectivity index (χ3n) is 6.15. The fraction of sp³-hybridized carbons (Fsp3) is 0.318. The molecule has 0 spiro atoms. The van der Waals surface area contributed by atoms with Gasteiger partial charge in [-0.1, -0.05) is 0 Å². The molecule has 0 fully saturated rings. The van der Waals surface area contributed by atoms with Crippen LogP contribution in [0.25, 0.3) is 0 Å². The Labute approximate surface area is 161 Å². The van der Waals surface area contributed by atoms with E-state index in [1.165, 1.54) is 6.92 Å². The first kappa shape index (κ1) is 18.4. The van der Waals surface area contributed by atoms with Gasteiger partial charge in [0.05, 0.1) is 11.1 Å². The molecule has 2 aliphatic carbocycles. The molecule has 0 saturated carbocycles. The summed E-state index contributed by atoms with van der Waals surface area (Å²) in [4.78, 5) is 38.1. The summed E-state index contributed by atoms with van der Waals surface area (Å²) in [6.07, 6.45) is -0.0386. The van der Waals surface area contributed by atoms with E-state index in [9.17, 15) is 29.7 Å². The summed E-state index contributed by atoms with van der Waals surface area (Å²) in [5.74, 6) is -2.32. The monoisotopic (exact) mass is 380 g/mol. The minimum absolute atomic E-state index is 0.0676. The summed E-state index contributed by atoms with van der Waals surface area (Å²) in [6, 6.07) is 3.23. The fourth-order valence-corrected chi connectivity index (χ4v) is 4.20. The predicted octanol–water partition coefficient (Wildman–Crippen LogP) is 2.30. The van der Waals surface area contributed by atoms with E-state index in [0.29, 0.717) is 5.56 Å². The summed E-state index contributed by atoms with van der Waals surface area (Å²) in [5, 5.41) is 32.2. The Morgan fingerprint density at radius 3 is 1.86 bits per heavy atom. The number of aromatic hydroxyl groups is 2. The van der Waals surface area contributed by atoms with E-state index >= 15 is 0 Å². The second-order valence-corrected chi connectivity index (χ2v) is 7.81. The van der Waals surface area contributed by atoms with Crippen LogP contribution in [0.5, 0.6) is 11.5 Å². The molecule has 0 heterocycles. The second kappa shape index (κ2) is 5.75. The van der Waals surface area contributed by atoms with Crippen LogP contribution in [0, 0.1) is 13.8 Å². The number of carbonyl (C=O) groups excluding carboxylic acids is 3. The van der Waals surface area contributed by atoms with Gasteiger partial charge in [0.1, 0.15) is 17.1 Å². The molecule has 2 aromatic rings. The highest BCUT2D eigenvalue weighted by Gasteiger charge is 2.43. The average molecular weight is 380 g/mol. The van der Waals surface area contributed by atoms with Crippen molar-refractivity contribution in [1.29, 1.82) is 0 Å². The van der Waals surface area contributed by atoms with E-state index in [2.05, 4.69) is 0 Å². The standard InChI is InChI=1S/C22H20O6/c1-9-6-13-14(7-10(9)2)20(26)17-16(19(13)25)18(24)12-4-5-22(28,11(3)23)8-15(12)21(17)27/h6-7,24,27-28H,4-5,8H2,1-3H3. The van der Waals surface area contributed by atoms with Gasteiger partial charge < -0.3 is 15.3 Å². The molecule has 144 valence electrons. The topological polar surface area (TPSA) is 112 Å². The molecule has 0 aliphatic heterocycles. The normalized spacial score (nSPS) is 20.4. The van der Waals surface area contributed by atoms with Gasteiger partial charge in [-0.15, -0.1) is 0 Å². The Morgan fingerprint density at radius 1 is 0.929 bits per heavy atom. The number of aryl methyl sites for hydroxylation is 2. The maximum Gasteiger partial charge on any atom is 0.198 e. The molecule has 0 saturated heterocycles. The van der Waals surface area contributed by atoms with Gasteiger partial charge in [0.15, 0.2) is 17.3 Å². The molecule has 1 unspecified atom stereocenters. The summed E-state index contributed by atoms with van der Waals surface area (Å²) < 4.78 is 0. The number of aliphatic hydroxyl groups is 1. The first-order valence-electron chi connectivity index (χ1n) is 9.10. The molecule has 0 radical (unpaired) electrons. The molecule has 28 heavy (non-hydrogen) atoms. The van der Waals surface area contributed by atoms with Crippen molar-refractivity contribution in [3.63, 3.8) is 0 Å². The molecule has 6 nitrogen and oxygen atoms in total. The van der Waals surface area contributed by atoms with E-state index < -0.39 is 28.7 Å². The third kappa shape index (κ3) is 2.27. The summed E-state index contributed by atoms with van der Waals surface area (Å²) in [5.41, 5.74) is 0.365. The molecular weight excluding hydrogens is 360 g/mol. The number of Topliss-reactive ketones (excluding diaryl/α,β-unsaturated/α-hetero) is 1. The first-order chi connectivity index (χ1) is 13.1. The van der Waals surface area contributed by atoms with Gasteiger partial charge in [0.2, 0.25) is 0 Å². The molecule has 6 heteroatoms. The van der Waals surface area contributed by atoms with Gasteiger partial charge >= 0.3 is 0 Å². The lowest BCUT2D eigenvalue weighted by atomic mass is 9.73. The summed E-state index contributed by atoms with van der Waals surface area (Å²) in [6.45, 7) is 4.91. The SMILES string of the molecule is CC(=O)C1(O)CCc2c(O)c3c(c(O)c2C1)C(=O)c1cc(C)c(C)cc1C3=O. The Hall–Kier alpha value is -2.99. The number of hydrogen-bond acceptors (Lipinski definition) is 6. The molecule has 4 rings (SSSR count). The zero-order chi connectivity index (χ0) is 20.5. The van der Waals surface area contributed by atoms with E-state index in [-0.39, 0.29) is 52.8 Å². The minimum Gasteiger partial charge on any atom is -0.507 e. The summed E-state index contributed by atoms with van der Waals surface area (Å²) >= 11 is 0. The van der Waals surface area contributed by atoms with Crippen molar-refractivity contribution in [3.05, 3.63) is 56.6 Å². The van der Waals surface area contributed by atoms with Gasteiger partial charge in [0, 0.05) is 28.7 Å². The molecule has 0 aromatic heterocycles. The smallest absolute Gasteiger partial charge is 0.198 e. The van der Waals surface area contributed by atoms with Crippen LogP contribution in [0.15, 0.2) is 12.1 Å². The van der Waals surface area contributed by atoms with E-state index in [1.807, 2.05) is 13.8 Å². The summed E-state index contributed by atoms with van der Waals surface area (Å²) in [7, 11) is 0. The molecule has 2 aromatic carbocycles. The van der Waals surface area contributed by atoms with Gasteiger partial charge in [0.25, 0.3) is 0 Å². The average Bonchev–Trinajstić information content (AvgIpc) is 2.64. The highest BCUT2D eigenvalue weighted by molar-refractivity contribution is 6.30. The van der Waals surface area contributed by atoms with E-state index in [0.717, 1.165) is 11.1 Å². The van der Waals surface area contributed by atoms with Crippen LogP contribution in [-0.4, -0.2) is 38.3 Å². The maximum absolute atomic E-state index is 13.1. The van der Waals surface area contributed by atoms with Crippen LogP contribution in [0.2, 0.25) is 0 Å². The Kier molecular flexibility index (Phi) is 3.78. The van der Waals surface area contributed by atoms with Crippen molar-refractivity contribution >= 4 is 17.3 Å². The quantitative estimate of drug-likeness (QED) is 0.559. The zero-order valence-electron chi connectivity index (χ0n) is 15.8. The zero-order valence-corrected chi connectivity index (χ0v) is 15.8. The fourth-order valence-electron chi connectivity index (χ4n) is 4.20. The van der Waals surface area contributed by atoms with Crippen molar-refractivity contribution in [2.75, 3.05) is 0 Å². The Bertz CT molecular complexity index is 1110. The van der Waals surface area contributed by atoms with Gasteiger partial charge in [-0.05, 0) is 56.9 Å². The van der Waals surface area contributed by atoms with Gasteiger partial charge in [-0.3, -0.25) is 14.4 Å². The van der Waals surface area contributed by atoms with Crippen molar-refractivity contribution in [2.24, 2.45) is 0 Å². The first-order valence-corrected chi connectivity index (χ1v) is 9.10. The number of benzene rings is 2. The van der Waals surface area contributed by atoms with Crippen LogP contribution in [0.1, 0.15) is 67.4 Å². The molecule has 0 bridgehead atoms. The highest BCUT2D eigenvalue weighted by atomic mass is 16.3. The second-order valence-electron chi connectivity index (χ2n) is 7.81. The number of rotatable bonds is 1. The van der Waals surface area contributed by atoms with Crippen LogP contribution in [0.3, 0.4) is 0 Å². The number of ketones is 3. The van der Waals surface area contributed by atoms with Crippen LogP contribution < -0.4 is 0 Å². The molecule has 3 N–H and O–H groups in total. The Morgan fingerprint density at radius 2 is 1.39 bits per heavy atom. The van der Waals surface area contributed by atoms with Crippen molar-refractivity contribution < 1.29 is 29.7 Å². The predicted molar refractivity (Wildman–Crippen MR) is 100 cm³/mol. The number of fused-ring (bicyclic) bond motifs is 3. The molecular formula is C22H20O6. The third-order valence-corrected chi connectivity index (χ3v) is 6.15. The Balaban J connectivity index is 2.00. The van der Waals surface area contributed by atoms with Crippen LogP contribution >= 0.6 is 0 Å². The molecule has 1 atom stereocenters. The van der Waals surface area contributed by atoms with E-state index in [4.69, 9.17) is 0 Å². The van der Waals surface area contributed by atoms with Crippen LogP contribution in [-0.2, 0) is 17.6 Å².